The lowest BCUT2D eigenvalue weighted by Crippen LogP contribution is -2.10. The van der Waals surface area contributed by atoms with E-state index in [4.69, 9.17) is 9.47 Å². The third-order valence-corrected chi connectivity index (χ3v) is 5.03. The van der Waals surface area contributed by atoms with Gasteiger partial charge in [-0.2, -0.15) is 0 Å². The first-order valence-corrected chi connectivity index (χ1v) is 8.96. The summed E-state index contributed by atoms with van der Waals surface area (Å²) in [6.07, 6.45) is 2.96. The van der Waals surface area contributed by atoms with Crippen molar-refractivity contribution < 1.29 is 9.47 Å². The number of fused-ring (bicyclic) bond motifs is 1. The molecular formula is C24H22O2. The van der Waals surface area contributed by atoms with Crippen LogP contribution in [0.5, 0.6) is 0 Å². The van der Waals surface area contributed by atoms with Gasteiger partial charge in [0.2, 0.25) is 0 Å². The van der Waals surface area contributed by atoms with Crippen LogP contribution in [-0.4, -0.2) is 7.11 Å². The predicted molar refractivity (Wildman–Crippen MR) is 107 cm³/mol. The predicted octanol–water partition coefficient (Wildman–Crippen LogP) is 6.26. The van der Waals surface area contributed by atoms with E-state index in [1.807, 2.05) is 18.2 Å². The monoisotopic (exact) mass is 342 g/mol. The smallest absolute Gasteiger partial charge is 0.284 e. The van der Waals surface area contributed by atoms with Gasteiger partial charge >= 0.3 is 0 Å². The van der Waals surface area contributed by atoms with Crippen molar-refractivity contribution in [3.8, 4) is 0 Å². The zero-order valence-electron chi connectivity index (χ0n) is 15.1. The molecule has 0 fully saturated rings. The molecule has 1 atom stereocenters. The Balaban J connectivity index is 1.69. The molecule has 0 saturated carbocycles. The van der Waals surface area contributed by atoms with E-state index in [0.717, 1.165) is 17.7 Å². The molecule has 0 bridgehead atoms. The molecule has 1 heterocycles. The van der Waals surface area contributed by atoms with Crippen molar-refractivity contribution in [2.75, 3.05) is 7.11 Å². The van der Waals surface area contributed by atoms with Gasteiger partial charge in [-0.15, -0.1) is 0 Å². The van der Waals surface area contributed by atoms with Crippen LogP contribution in [-0.2, 0) is 9.47 Å². The van der Waals surface area contributed by atoms with Crippen LogP contribution in [0.2, 0.25) is 0 Å². The Kier molecular flexibility index (Phi) is 4.49. The maximum Gasteiger partial charge on any atom is 0.284 e. The number of allylic oxidation sites excluding steroid dienone is 2. The highest BCUT2D eigenvalue weighted by molar-refractivity contribution is 5.86. The zero-order valence-corrected chi connectivity index (χ0v) is 15.1. The van der Waals surface area contributed by atoms with Crippen LogP contribution in [0, 0.1) is 0 Å². The first-order chi connectivity index (χ1) is 12.8. The molecule has 3 aromatic carbocycles. The van der Waals surface area contributed by atoms with E-state index in [9.17, 15) is 0 Å². The minimum absolute atomic E-state index is 0.213. The van der Waals surface area contributed by atoms with E-state index in [0.29, 0.717) is 5.95 Å². The molecule has 130 valence electrons. The molecule has 26 heavy (non-hydrogen) atoms. The van der Waals surface area contributed by atoms with Gasteiger partial charge in [0.1, 0.15) is 5.76 Å². The summed E-state index contributed by atoms with van der Waals surface area (Å²) in [5.74, 6) is 1.69. The van der Waals surface area contributed by atoms with E-state index >= 15 is 0 Å². The van der Waals surface area contributed by atoms with E-state index in [2.05, 4.69) is 67.6 Å². The fraction of sp³-hybridized carbons (Fsp3) is 0.167. The highest BCUT2D eigenvalue weighted by atomic mass is 16.7. The maximum atomic E-state index is 6.11. The fourth-order valence-electron chi connectivity index (χ4n) is 3.61. The van der Waals surface area contributed by atoms with Crippen LogP contribution in [0.4, 0.5) is 0 Å². The molecule has 0 aromatic heterocycles. The molecule has 0 N–H and O–H groups in total. The second-order valence-corrected chi connectivity index (χ2v) is 6.55. The van der Waals surface area contributed by atoms with E-state index < -0.39 is 0 Å². The Bertz CT molecular complexity index is 978. The minimum atomic E-state index is 0.213. The maximum absolute atomic E-state index is 6.11. The average molecular weight is 342 g/mol. The highest BCUT2D eigenvalue weighted by Crippen LogP contribution is 2.38. The van der Waals surface area contributed by atoms with E-state index in [1.54, 1.807) is 7.11 Å². The van der Waals surface area contributed by atoms with Crippen molar-refractivity contribution >= 4 is 16.5 Å². The summed E-state index contributed by atoms with van der Waals surface area (Å²) in [5, 5.41) is 2.54. The van der Waals surface area contributed by atoms with Gasteiger partial charge < -0.3 is 9.47 Å². The first kappa shape index (κ1) is 16.5. The molecule has 1 aliphatic rings. The number of benzene rings is 3. The third-order valence-electron chi connectivity index (χ3n) is 5.03. The number of rotatable bonds is 4. The molecule has 2 nitrogen and oxygen atoms in total. The standard InChI is InChI=1S/C24H22O2/c1-17(20-14-8-12-18-9-6-7-13-22(18)20)21-15-16-23(26-24(21)25-2)19-10-4-3-5-11-19/h3-14,16-17H,15H2,1-2H3. The number of hydrogen-bond acceptors (Lipinski definition) is 2. The van der Waals surface area contributed by atoms with Gasteiger partial charge in [-0.1, -0.05) is 79.7 Å². The topological polar surface area (TPSA) is 18.5 Å². The first-order valence-electron chi connectivity index (χ1n) is 8.96. The minimum Gasteiger partial charge on any atom is -0.468 e. The Morgan fingerprint density at radius 1 is 0.885 bits per heavy atom. The lowest BCUT2D eigenvalue weighted by Gasteiger charge is -2.25. The summed E-state index contributed by atoms with van der Waals surface area (Å²) in [7, 11) is 1.68. The molecule has 0 spiro atoms. The number of hydrogen-bond donors (Lipinski definition) is 0. The van der Waals surface area contributed by atoms with Gasteiger partial charge in [0.05, 0.1) is 7.11 Å². The molecule has 4 rings (SSSR count). The van der Waals surface area contributed by atoms with Crippen LogP contribution in [0.3, 0.4) is 0 Å². The fourth-order valence-corrected chi connectivity index (χ4v) is 3.61. The Morgan fingerprint density at radius 2 is 1.62 bits per heavy atom. The van der Waals surface area contributed by atoms with Gasteiger partial charge in [-0.05, 0) is 28.8 Å². The number of methoxy groups -OCH3 is 1. The van der Waals surface area contributed by atoms with Gasteiger partial charge in [0.15, 0.2) is 0 Å². The molecule has 0 amide bonds. The third kappa shape index (κ3) is 2.99. The molecule has 1 unspecified atom stereocenters. The second kappa shape index (κ2) is 7.09. The molecule has 3 aromatic rings. The van der Waals surface area contributed by atoms with Crippen LogP contribution in [0.1, 0.15) is 30.4 Å². The summed E-state index contributed by atoms with van der Waals surface area (Å²) in [4.78, 5) is 0. The summed E-state index contributed by atoms with van der Waals surface area (Å²) in [6.45, 7) is 2.22. The Morgan fingerprint density at radius 3 is 2.42 bits per heavy atom. The molecule has 0 aliphatic carbocycles. The van der Waals surface area contributed by atoms with Crippen molar-refractivity contribution in [2.24, 2.45) is 0 Å². The molecule has 0 radical (unpaired) electrons. The average Bonchev–Trinajstić information content (AvgIpc) is 2.73. The SMILES string of the molecule is COC1=C(C(C)c2cccc3ccccc23)CC=C(c2ccccc2)O1. The zero-order chi connectivity index (χ0) is 17.9. The van der Waals surface area contributed by atoms with Crippen LogP contribution in [0.15, 0.2) is 90.4 Å². The highest BCUT2D eigenvalue weighted by Gasteiger charge is 2.24. The van der Waals surface area contributed by atoms with Gasteiger partial charge in [0.25, 0.3) is 5.95 Å². The molecule has 0 saturated heterocycles. The van der Waals surface area contributed by atoms with Crippen LogP contribution in [0.25, 0.3) is 16.5 Å². The lowest BCUT2D eigenvalue weighted by atomic mass is 9.87. The molecular weight excluding hydrogens is 320 g/mol. The second-order valence-electron chi connectivity index (χ2n) is 6.55. The summed E-state index contributed by atoms with van der Waals surface area (Å²) >= 11 is 0. The van der Waals surface area contributed by atoms with Crippen molar-refractivity contribution in [1.82, 2.24) is 0 Å². The quantitative estimate of drug-likeness (QED) is 0.557. The lowest BCUT2D eigenvalue weighted by molar-refractivity contribution is 0.121. The Hall–Kier alpha value is -3.00. The summed E-state index contributed by atoms with van der Waals surface area (Å²) < 4.78 is 11.7. The van der Waals surface area contributed by atoms with Crippen molar-refractivity contribution in [3.05, 3.63) is 102 Å². The normalized spacial score (nSPS) is 15.4. The van der Waals surface area contributed by atoms with E-state index in [-0.39, 0.29) is 5.92 Å². The van der Waals surface area contributed by atoms with Crippen LogP contribution >= 0.6 is 0 Å². The van der Waals surface area contributed by atoms with Crippen molar-refractivity contribution in [3.63, 3.8) is 0 Å². The van der Waals surface area contributed by atoms with Gasteiger partial charge in [-0.25, -0.2) is 0 Å². The van der Waals surface area contributed by atoms with E-state index in [1.165, 1.54) is 21.9 Å². The summed E-state index contributed by atoms with van der Waals surface area (Å²) in [5.41, 5.74) is 3.54. The Labute approximate surface area is 154 Å². The number of ether oxygens (including phenoxy) is 2. The largest absolute Gasteiger partial charge is 0.468 e. The van der Waals surface area contributed by atoms with Crippen LogP contribution < -0.4 is 0 Å². The van der Waals surface area contributed by atoms with Crippen molar-refractivity contribution in [1.29, 1.82) is 0 Å². The summed E-state index contributed by atoms with van der Waals surface area (Å²) in [6, 6.07) is 25.1. The molecule has 2 heteroatoms. The molecule has 1 aliphatic heterocycles. The van der Waals surface area contributed by atoms with Gasteiger partial charge in [-0.3, -0.25) is 0 Å². The van der Waals surface area contributed by atoms with Crippen molar-refractivity contribution in [2.45, 2.75) is 19.3 Å². The van der Waals surface area contributed by atoms with Gasteiger partial charge in [0, 0.05) is 17.1 Å².